The number of ether oxygens (including phenoxy) is 3. The van der Waals surface area contributed by atoms with Crippen molar-refractivity contribution in [1.29, 1.82) is 0 Å². The van der Waals surface area contributed by atoms with Crippen molar-refractivity contribution in [2.24, 2.45) is 7.05 Å². The fourth-order valence-corrected chi connectivity index (χ4v) is 7.57. The van der Waals surface area contributed by atoms with Gasteiger partial charge in [-0.3, -0.25) is 14.2 Å². The number of hydrogen-bond donors (Lipinski definition) is 0. The fourth-order valence-electron chi connectivity index (χ4n) is 6.62. The number of rotatable bonds is 2. The van der Waals surface area contributed by atoms with Crippen LogP contribution in [0.15, 0.2) is 72.8 Å². The van der Waals surface area contributed by atoms with Crippen LogP contribution in [0.1, 0.15) is 12.6 Å². The first-order valence-electron chi connectivity index (χ1n) is 16.2. The molecule has 6 aromatic rings. The van der Waals surface area contributed by atoms with Gasteiger partial charge < -0.3 is 19.1 Å². The Balaban J connectivity index is 1.43. The maximum absolute atomic E-state index is 16.2. The van der Waals surface area contributed by atoms with Gasteiger partial charge in [-0.05, 0) is 42.7 Å². The van der Waals surface area contributed by atoms with Crippen LogP contribution >= 0.6 is 11.3 Å². The smallest absolute Gasteiger partial charge is 0.246 e. The first kappa shape index (κ1) is 31.8. The number of fused-ring (bicyclic) bond motifs is 6. The Kier molecular flexibility index (Phi) is 8.16. The summed E-state index contributed by atoms with van der Waals surface area (Å²) in [5.74, 6) is -1.15. The summed E-state index contributed by atoms with van der Waals surface area (Å²) in [6, 6.07) is 9.60. The topological polar surface area (TPSA) is 96.5 Å². The largest absolute Gasteiger partial charge is 0.490 e. The van der Waals surface area contributed by atoms with E-state index in [0.717, 1.165) is 28.0 Å². The molecule has 0 fully saturated rings. The van der Waals surface area contributed by atoms with E-state index in [2.05, 4.69) is 11.7 Å². The molecule has 0 N–H and O–H groups in total. The van der Waals surface area contributed by atoms with Gasteiger partial charge >= 0.3 is 0 Å². The van der Waals surface area contributed by atoms with E-state index in [4.69, 9.17) is 24.3 Å². The number of aromatic nitrogens is 5. The van der Waals surface area contributed by atoms with E-state index in [1.807, 2.05) is 66.6 Å². The van der Waals surface area contributed by atoms with Crippen molar-refractivity contribution in [1.82, 2.24) is 29.4 Å². The lowest BCUT2D eigenvalue weighted by Gasteiger charge is -2.33. The lowest BCUT2D eigenvalue weighted by molar-refractivity contribution is -0.129. The molecule has 4 aromatic heterocycles. The van der Waals surface area contributed by atoms with E-state index in [0.29, 0.717) is 58.4 Å². The molecule has 0 spiro atoms. The van der Waals surface area contributed by atoms with Crippen LogP contribution in [0.3, 0.4) is 0 Å². The van der Waals surface area contributed by atoms with Crippen molar-refractivity contribution in [3.63, 3.8) is 0 Å². The molecule has 10 nitrogen and oxygen atoms in total. The molecule has 0 unspecified atom stereocenters. The number of nitrogens with zero attached hydrogens (tertiary/aromatic N) is 6. The van der Waals surface area contributed by atoms with Crippen molar-refractivity contribution in [2.75, 3.05) is 26.4 Å². The van der Waals surface area contributed by atoms with Crippen LogP contribution in [-0.4, -0.2) is 67.8 Å². The Labute approximate surface area is 289 Å². The summed E-state index contributed by atoms with van der Waals surface area (Å²) in [6.07, 6.45) is 6.94. The summed E-state index contributed by atoms with van der Waals surface area (Å²) in [4.78, 5) is 19.7. The summed E-state index contributed by atoms with van der Waals surface area (Å²) in [7, 11) is 1.86. The maximum atomic E-state index is 16.2. The molecule has 0 saturated heterocycles. The molecular weight excluding hydrogens is 663 g/mol. The van der Waals surface area contributed by atoms with Crippen molar-refractivity contribution in [3.05, 3.63) is 90.1 Å². The van der Waals surface area contributed by atoms with E-state index in [9.17, 15) is 9.18 Å². The zero-order chi connectivity index (χ0) is 34.5. The van der Waals surface area contributed by atoms with Gasteiger partial charge in [0.2, 0.25) is 5.91 Å². The summed E-state index contributed by atoms with van der Waals surface area (Å²) < 4.78 is 53.5. The highest BCUT2D eigenvalue weighted by atomic mass is 32.1. The third-order valence-electron chi connectivity index (χ3n) is 8.92. The molecule has 1 atom stereocenters. The Morgan fingerprint density at radius 3 is 2.74 bits per heavy atom. The van der Waals surface area contributed by atoms with Gasteiger partial charge in [0.25, 0.3) is 0 Å². The molecule has 0 saturated carbocycles. The molecule has 2 aliphatic rings. The molecule has 0 aliphatic carbocycles. The SMILES string of the molecule is C=CC(=O)N1Cc2cc(-c3nc4c5ccsc5c3-c3c(F)cc(F)cc3OCCOC/C=C/COc3cc5nn(C)cc5cc3-4)nn2C[C@H]1C. The summed E-state index contributed by atoms with van der Waals surface area (Å²) in [6.45, 7) is 7.19. The summed E-state index contributed by atoms with van der Waals surface area (Å²) in [5.41, 5.74) is 4.19. The van der Waals surface area contributed by atoms with E-state index in [1.54, 1.807) is 9.58 Å². The van der Waals surface area contributed by atoms with Crippen LogP contribution in [0.25, 0.3) is 54.8 Å². The molecular formula is C37H32F2N6O4S. The minimum atomic E-state index is -0.798. The maximum Gasteiger partial charge on any atom is 0.246 e. The number of hydrogen-bond acceptors (Lipinski definition) is 8. The molecule has 13 heteroatoms. The first-order chi connectivity index (χ1) is 24.3. The lowest BCUT2D eigenvalue weighted by atomic mass is 9.96. The van der Waals surface area contributed by atoms with Gasteiger partial charge in [-0.25, -0.2) is 13.8 Å². The molecule has 254 valence electrons. The van der Waals surface area contributed by atoms with Crippen LogP contribution in [0, 0.1) is 11.6 Å². The fraction of sp³-hybridized carbons (Fsp3) is 0.243. The van der Waals surface area contributed by atoms with Crippen molar-refractivity contribution in [3.8, 4) is 45.3 Å². The Bertz CT molecular complexity index is 2340. The van der Waals surface area contributed by atoms with E-state index < -0.39 is 11.6 Å². The van der Waals surface area contributed by atoms with Crippen LogP contribution in [0.4, 0.5) is 8.78 Å². The Morgan fingerprint density at radius 1 is 1.02 bits per heavy atom. The van der Waals surface area contributed by atoms with Gasteiger partial charge in [0.1, 0.15) is 47.7 Å². The zero-order valence-electron chi connectivity index (χ0n) is 27.4. The number of carbonyl (C=O) groups is 1. The first-order valence-corrected chi connectivity index (χ1v) is 17.0. The van der Waals surface area contributed by atoms with Gasteiger partial charge in [0.05, 0.1) is 48.8 Å². The van der Waals surface area contributed by atoms with E-state index in [-0.39, 0.29) is 43.1 Å². The lowest BCUT2D eigenvalue weighted by Crippen LogP contribution is -2.44. The van der Waals surface area contributed by atoms with Crippen molar-refractivity contribution < 1.29 is 27.8 Å². The van der Waals surface area contributed by atoms with Crippen LogP contribution in [0.2, 0.25) is 0 Å². The third kappa shape index (κ3) is 5.61. The molecule has 0 radical (unpaired) electrons. The van der Waals surface area contributed by atoms with Crippen LogP contribution in [0.5, 0.6) is 11.5 Å². The van der Waals surface area contributed by atoms with Crippen molar-refractivity contribution >= 4 is 38.2 Å². The standard InChI is InChI=1S/C37H32F2N6O4S/c1-4-32(46)44-20-24-16-29(42-45(24)18-21(44)2)36-34-33-27(39)14-23(38)15-31(33)49-11-10-47-8-5-6-9-48-30-17-28-22(19-43(3)41-28)13-26(30)35(40-36)25-7-12-50-37(25)34/h4-7,12-17,19,21H,1,8-11,18,20H2,2-3H3/b6-5+/t21-/m1/s1. The van der Waals surface area contributed by atoms with Gasteiger partial charge in [0.15, 0.2) is 0 Å². The second-order valence-corrected chi connectivity index (χ2v) is 13.2. The second-order valence-electron chi connectivity index (χ2n) is 12.2. The number of amides is 1. The van der Waals surface area contributed by atoms with Gasteiger partial charge in [-0.15, -0.1) is 11.3 Å². The highest BCUT2D eigenvalue weighted by Crippen LogP contribution is 2.48. The van der Waals surface area contributed by atoms with Crippen LogP contribution < -0.4 is 9.47 Å². The minimum Gasteiger partial charge on any atom is -0.490 e. The zero-order valence-corrected chi connectivity index (χ0v) is 28.2. The molecule has 1 amide bonds. The van der Waals surface area contributed by atoms with E-state index >= 15 is 4.39 Å². The number of benzene rings is 2. The highest BCUT2D eigenvalue weighted by Gasteiger charge is 2.31. The molecule has 6 heterocycles. The Hall–Kier alpha value is -5.40. The number of halogens is 2. The molecule has 50 heavy (non-hydrogen) atoms. The molecule has 8 rings (SSSR count). The summed E-state index contributed by atoms with van der Waals surface area (Å²) >= 11 is 1.41. The van der Waals surface area contributed by atoms with Gasteiger partial charge in [-0.2, -0.15) is 10.2 Å². The quantitative estimate of drug-likeness (QED) is 0.144. The molecule has 2 aromatic carbocycles. The third-order valence-corrected chi connectivity index (χ3v) is 9.85. The van der Waals surface area contributed by atoms with Crippen molar-refractivity contribution in [2.45, 2.75) is 26.1 Å². The Morgan fingerprint density at radius 2 is 1.88 bits per heavy atom. The average Bonchev–Trinajstić information content (AvgIpc) is 3.83. The summed E-state index contributed by atoms with van der Waals surface area (Å²) in [5, 5.41) is 13.1. The highest BCUT2D eigenvalue weighted by molar-refractivity contribution is 7.18. The number of thiophene rings is 1. The molecule has 2 bridgehead atoms. The van der Waals surface area contributed by atoms with Gasteiger partial charge in [-0.1, -0.05) is 12.7 Å². The van der Waals surface area contributed by atoms with Crippen LogP contribution in [-0.2, 0) is 29.7 Å². The normalized spacial score (nSPS) is 17.0. The number of carbonyl (C=O) groups excluding carboxylic acids is 1. The molecule has 2 aliphatic heterocycles. The average molecular weight is 695 g/mol. The second kappa shape index (κ2) is 12.8. The predicted octanol–water partition coefficient (Wildman–Crippen LogP) is 6.92. The number of pyridine rings is 1. The predicted molar refractivity (Wildman–Crippen MR) is 187 cm³/mol. The van der Waals surface area contributed by atoms with Gasteiger partial charge in [0, 0.05) is 64.1 Å². The minimum absolute atomic E-state index is 0.0256. The monoisotopic (exact) mass is 694 g/mol. The van der Waals surface area contributed by atoms with E-state index in [1.165, 1.54) is 23.5 Å². The number of aryl methyl sites for hydroxylation is 1.